The lowest BCUT2D eigenvalue weighted by atomic mass is 10.0. The van der Waals surface area contributed by atoms with Crippen molar-refractivity contribution in [3.05, 3.63) is 29.8 Å². The van der Waals surface area contributed by atoms with E-state index < -0.39 is 0 Å². The highest BCUT2D eigenvalue weighted by Gasteiger charge is 2.05. The van der Waals surface area contributed by atoms with Gasteiger partial charge in [0.1, 0.15) is 5.75 Å². The molecule has 0 bridgehead atoms. The van der Waals surface area contributed by atoms with Gasteiger partial charge in [-0.15, -0.1) is 0 Å². The zero-order valence-electron chi connectivity index (χ0n) is 11.3. The van der Waals surface area contributed by atoms with Crippen LogP contribution in [0.2, 0.25) is 0 Å². The standard InChI is InChI=1S/C15H25NO/c1-4-7-14(16-3)11-10-13-8-6-9-15(12-13)17-5-2/h6,8-9,12,14,16H,4-5,7,10-11H2,1-3H3. The molecule has 1 N–H and O–H groups in total. The molecule has 1 aromatic rings. The quantitative estimate of drug-likeness (QED) is 0.745. The van der Waals surface area contributed by atoms with E-state index in [4.69, 9.17) is 4.74 Å². The van der Waals surface area contributed by atoms with Crippen LogP contribution >= 0.6 is 0 Å². The van der Waals surface area contributed by atoms with Crippen molar-refractivity contribution in [3.63, 3.8) is 0 Å². The van der Waals surface area contributed by atoms with Gasteiger partial charge in [0, 0.05) is 6.04 Å². The van der Waals surface area contributed by atoms with Gasteiger partial charge in [0.2, 0.25) is 0 Å². The van der Waals surface area contributed by atoms with Crippen molar-refractivity contribution < 1.29 is 4.74 Å². The van der Waals surface area contributed by atoms with E-state index in [0.29, 0.717) is 6.04 Å². The monoisotopic (exact) mass is 235 g/mol. The molecule has 0 amide bonds. The molecule has 0 spiro atoms. The molecule has 0 aliphatic rings. The van der Waals surface area contributed by atoms with Crippen molar-refractivity contribution >= 4 is 0 Å². The van der Waals surface area contributed by atoms with E-state index in [1.807, 2.05) is 13.0 Å². The van der Waals surface area contributed by atoms with E-state index in [0.717, 1.165) is 18.8 Å². The maximum Gasteiger partial charge on any atom is 0.119 e. The first-order valence-electron chi connectivity index (χ1n) is 6.69. The second-order valence-corrected chi connectivity index (χ2v) is 4.39. The van der Waals surface area contributed by atoms with Gasteiger partial charge >= 0.3 is 0 Å². The van der Waals surface area contributed by atoms with Gasteiger partial charge in [-0.05, 0) is 50.9 Å². The molecule has 0 aliphatic carbocycles. The number of benzene rings is 1. The Kier molecular flexibility index (Phi) is 6.71. The van der Waals surface area contributed by atoms with Crippen molar-refractivity contribution in [2.75, 3.05) is 13.7 Å². The normalized spacial score (nSPS) is 12.4. The molecule has 0 radical (unpaired) electrons. The molecular weight excluding hydrogens is 210 g/mol. The van der Waals surface area contributed by atoms with Crippen molar-refractivity contribution in [1.82, 2.24) is 5.32 Å². The molecule has 1 aromatic carbocycles. The van der Waals surface area contributed by atoms with E-state index in [9.17, 15) is 0 Å². The molecule has 2 heteroatoms. The molecular formula is C15H25NO. The summed E-state index contributed by atoms with van der Waals surface area (Å²) in [6.07, 6.45) is 4.80. The van der Waals surface area contributed by atoms with Crippen molar-refractivity contribution in [1.29, 1.82) is 0 Å². The summed E-state index contributed by atoms with van der Waals surface area (Å²) in [5.74, 6) is 0.987. The van der Waals surface area contributed by atoms with Gasteiger partial charge in [-0.1, -0.05) is 25.5 Å². The van der Waals surface area contributed by atoms with E-state index in [2.05, 4.69) is 37.5 Å². The molecule has 17 heavy (non-hydrogen) atoms. The van der Waals surface area contributed by atoms with Crippen LogP contribution in [0.25, 0.3) is 0 Å². The van der Waals surface area contributed by atoms with Gasteiger partial charge in [0.15, 0.2) is 0 Å². The molecule has 1 unspecified atom stereocenters. The summed E-state index contributed by atoms with van der Waals surface area (Å²) in [6, 6.07) is 9.07. The molecule has 96 valence electrons. The molecule has 1 atom stereocenters. The Balaban J connectivity index is 2.47. The molecule has 2 nitrogen and oxygen atoms in total. The Morgan fingerprint density at radius 3 is 2.71 bits per heavy atom. The third-order valence-electron chi connectivity index (χ3n) is 3.04. The summed E-state index contributed by atoms with van der Waals surface area (Å²) in [5.41, 5.74) is 1.37. The minimum absolute atomic E-state index is 0.635. The zero-order valence-corrected chi connectivity index (χ0v) is 11.3. The predicted molar refractivity (Wildman–Crippen MR) is 73.7 cm³/mol. The number of hydrogen-bond acceptors (Lipinski definition) is 2. The average Bonchev–Trinajstić information content (AvgIpc) is 2.35. The largest absolute Gasteiger partial charge is 0.494 e. The van der Waals surface area contributed by atoms with Gasteiger partial charge in [0.25, 0.3) is 0 Å². The van der Waals surface area contributed by atoms with Crippen LogP contribution in [0.1, 0.15) is 38.7 Å². The Bertz CT molecular complexity index is 312. The fourth-order valence-corrected chi connectivity index (χ4v) is 2.08. The van der Waals surface area contributed by atoms with Crippen LogP contribution < -0.4 is 10.1 Å². The highest BCUT2D eigenvalue weighted by Crippen LogP contribution is 2.16. The first-order valence-corrected chi connectivity index (χ1v) is 6.69. The number of hydrogen-bond donors (Lipinski definition) is 1. The van der Waals surface area contributed by atoms with Crippen LogP contribution in [-0.2, 0) is 6.42 Å². The SMILES string of the molecule is CCCC(CCc1cccc(OCC)c1)NC. The maximum atomic E-state index is 5.51. The second-order valence-electron chi connectivity index (χ2n) is 4.39. The predicted octanol–water partition coefficient (Wildman–Crippen LogP) is 3.41. The van der Waals surface area contributed by atoms with Gasteiger partial charge in [-0.3, -0.25) is 0 Å². The Hall–Kier alpha value is -1.02. The number of ether oxygens (including phenoxy) is 1. The summed E-state index contributed by atoms with van der Waals surface area (Å²) >= 11 is 0. The minimum Gasteiger partial charge on any atom is -0.494 e. The molecule has 0 saturated carbocycles. The highest BCUT2D eigenvalue weighted by atomic mass is 16.5. The Labute approximate surface area is 105 Å². The molecule has 0 heterocycles. The van der Waals surface area contributed by atoms with Crippen LogP contribution in [0.4, 0.5) is 0 Å². The minimum atomic E-state index is 0.635. The summed E-state index contributed by atoms with van der Waals surface area (Å²) in [5, 5.41) is 3.38. The lowest BCUT2D eigenvalue weighted by molar-refractivity contribution is 0.340. The zero-order chi connectivity index (χ0) is 12.5. The van der Waals surface area contributed by atoms with Crippen molar-refractivity contribution in [3.8, 4) is 5.75 Å². The highest BCUT2D eigenvalue weighted by molar-refractivity contribution is 5.28. The molecule has 0 saturated heterocycles. The molecule has 1 rings (SSSR count). The summed E-state index contributed by atoms with van der Waals surface area (Å²) in [7, 11) is 2.05. The summed E-state index contributed by atoms with van der Waals surface area (Å²) in [6.45, 7) is 4.99. The fraction of sp³-hybridized carbons (Fsp3) is 0.600. The second kappa shape index (κ2) is 8.13. The smallest absolute Gasteiger partial charge is 0.119 e. The topological polar surface area (TPSA) is 21.3 Å². The van der Waals surface area contributed by atoms with Gasteiger partial charge in [-0.2, -0.15) is 0 Å². The third kappa shape index (κ3) is 5.22. The van der Waals surface area contributed by atoms with Crippen molar-refractivity contribution in [2.24, 2.45) is 0 Å². The Morgan fingerprint density at radius 1 is 1.24 bits per heavy atom. The van der Waals surface area contributed by atoms with Gasteiger partial charge in [-0.25, -0.2) is 0 Å². The van der Waals surface area contributed by atoms with Crippen LogP contribution in [0, 0.1) is 0 Å². The van der Waals surface area contributed by atoms with E-state index in [1.165, 1.54) is 24.8 Å². The first kappa shape index (κ1) is 14.0. The number of aryl methyl sites for hydroxylation is 1. The Morgan fingerprint density at radius 2 is 2.06 bits per heavy atom. The fourth-order valence-electron chi connectivity index (χ4n) is 2.08. The summed E-state index contributed by atoms with van der Waals surface area (Å²) in [4.78, 5) is 0. The number of rotatable bonds is 8. The number of nitrogens with one attached hydrogen (secondary N) is 1. The molecule has 0 aromatic heterocycles. The molecule has 0 fully saturated rings. The first-order chi connectivity index (χ1) is 8.30. The van der Waals surface area contributed by atoms with Gasteiger partial charge < -0.3 is 10.1 Å². The lowest BCUT2D eigenvalue weighted by Gasteiger charge is -2.15. The maximum absolute atomic E-state index is 5.51. The van der Waals surface area contributed by atoms with E-state index in [1.54, 1.807) is 0 Å². The molecule has 0 aliphatic heterocycles. The van der Waals surface area contributed by atoms with Gasteiger partial charge in [0.05, 0.1) is 6.61 Å². The van der Waals surface area contributed by atoms with Crippen LogP contribution in [-0.4, -0.2) is 19.7 Å². The average molecular weight is 235 g/mol. The van der Waals surface area contributed by atoms with Crippen molar-refractivity contribution in [2.45, 2.75) is 45.6 Å². The van der Waals surface area contributed by atoms with Crippen LogP contribution in [0.3, 0.4) is 0 Å². The van der Waals surface area contributed by atoms with E-state index >= 15 is 0 Å². The van der Waals surface area contributed by atoms with E-state index in [-0.39, 0.29) is 0 Å². The summed E-state index contributed by atoms with van der Waals surface area (Å²) < 4.78 is 5.51. The van der Waals surface area contributed by atoms with Crippen LogP contribution in [0.15, 0.2) is 24.3 Å². The lowest BCUT2D eigenvalue weighted by Crippen LogP contribution is -2.25. The third-order valence-corrected chi connectivity index (χ3v) is 3.04. The van der Waals surface area contributed by atoms with Crippen LogP contribution in [0.5, 0.6) is 5.75 Å².